The van der Waals surface area contributed by atoms with E-state index in [0.717, 1.165) is 42.0 Å². The fraction of sp³-hybridized carbons (Fsp3) is 0.300. The molecule has 1 aromatic carbocycles. The van der Waals surface area contributed by atoms with E-state index in [-0.39, 0.29) is 5.91 Å². The van der Waals surface area contributed by atoms with Crippen LogP contribution >= 0.6 is 11.6 Å². The van der Waals surface area contributed by atoms with E-state index in [1.165, 1.54) is 5.57 Å². The van der Waals surface area contributed by atoms with Gasteiger partial charge in [0.2, 0.25) is 5.91 Å². The summed E-state index contributed by atoms with van der Waals surface area (Å²) in [7, 11) is 0. The molecule has 0 fully saturated rings. The molecule has 0 radical (unpaired) electrons. The lowest BCUT2D eigenvalue weighted by Gasteiger charge is -2.25. The Hall–Kier alpha value is -2.17. The van der Waals surface area contributed by atoms with Gasteiger partial charge < -0.3 is 5.32 Å². The summed E-state index contributed by atoms with van der Waals surface area (Å²) >= 11 is 6.05. The van der Waals surface area contributed by atoms with Crippen molar-refractivity contribution in [3.05, 3.63) is 64.4 Å². The smallest absolute Gasteiger partial charge is 0.238 e. The first kappa shape index (κ1) is 17.6. The third-order valence-electron chi connectivity index (χ3n) is 4.42. The number of pyridine rings is 1. The maximum absolute atomic E-state index is 12.4. The molecule has 2 heterocycles. The van der Waals surface area contributed by atoms with Crippen molar-refractivity contribution in [2.24, 2.45) is 0 Å². The quantitative estimate of drug-likeness (QED) is 0.898. The number of carbonyl (C=O) groups excluding carboxylic acids is 1. The van der Waals surface area contributed by atoms with Gasteiger partial charge in [0.1, 0.15) is 0 Å². The molecule has 0 saturated carbocycles. The van der Waals surface area contributed by atoms with Crippen LogP contribution in [0.15, 0.2) is 42.6 Å². The van der Waals surface area contributed by atoms with Crippen LogP contribution in [0, 0.1) is 13.8 Å². The summed E-state index contributed by atoms with van der Waals surface area (Å²) in [5.74, 6) is 0.00297. The Morgan fingerprint density at radius 3 is 2.64 bits per heavy atom. The highest BCUT2D eigenvalue weighted by atomic mass is 35.5. The Morgan fingerprint density at radius 1 is 1.28 bits per heavy atom. The molecule has 0 aliphatic carbocycles. The van der Waals surface area contributed by atoms with Crippen LogP contribution in [0.2, 0.25) is 5.02 Å². The van der Waals surface area contributed by atoms with Gasteiger partial charge in [-0.05, 0) is 61.2 Å². The summed E-state index contributed by atoms with van der Waals surface area (Å²) in [5.41, 5.74) is 5.10. The van der Waals surface area contributed by atoms with Crippen LogP contribution in [0.1, 0.15) is 23.2 Å². The number of amides is 1. The fourth-order valence-electron chi connectivity index (χ4n) is 3.13. The van der Waals surface area contributed by atoms with Crippen LogP contribution in [-0.4, -0.2) is 35.4 Å². The van der Waals surface area contributed by atoms with Crippen LogP contribution in [0.5, 0.6) is 0 Å². The van der Waals surface area contributed by atoms with E-state index in [9.17, 15) is 4.79 Å². The first-order valence-corrected chi connectivity index (χ1v) is 8.80. The molecular weight excluding hydrogens is 334 g/mol. The molecule has 2 aromatic rings. The van der Waals surface area contributed by atoms with Crippen molar-refractivity contribution in [1.82, 2.24) is 9.88 Å². The lowest BCUT2D eigenvalue weighted by molar-refractivity contribution is -0.117. The monoisotopic (exact) mass is 355 g/mol. The standard InChI is InChI=1S/C20H22ClN3O/c1-14-11-17(21)12-15(2)20(14)23-19(25)13-24-9-6-16(7-10-24)18-5-3-4-8-22-18/h3-6,8,11-12H,7,9-10,13H2,1-2H3,(H,23,25). The van der Waals surface area contributed by atoms with Gasteiger partial charge in [0.15, 0.2) is 0 Å². The number of halogens is 1. The number of aromatic nitrogens is 1. The number of hydrogen-bond donors (Lipinski definition) is 1. The first-order chi connectivity index (χ1) is 12.0. The Balaban J connectivity index is 1.59. The van der Waals surface area contributed by atoms with Gasteiger partial charge in [-0.3, -0.25) is 14.7 Å². The number of rotatable bonds is 4. The second-order valence-electron chi connectivity index (χ2n) is 6.39. The summed E-state index contributed by atoms with van der Waals surface area (Å²) < 4.78 is 0. The van der Waals surface area contributed by atoms with Crippen molar-refractivity contribution in [2.45, 2.75) is 20.3 Å². The fourth-order valence-corrected chi connectivity index (χ4v) is 3.46. The molecular formula is C20H22ClN3O. The number of carbonyl (C=O) groups is 1. The van der Waals surface area contributed by atoms with Crippen LogP contribution in [-0.2, 0) is 4.79 Å². The largest absolute Gasteiger partial charge is 0.324 e. The highest BCUT2D eigenvalue weighted by molar-refractivity contribution is 6.30. The maximum Gasteiger partial charge on any atom is 0.238 e. The van der Waals surface area contributed by atoms with Gasteiger partial charge in [0.25, 0.3) is 0 Å². The third kappa shape index (κ3) is 4.47. The van der Waals surface area contributed by atoms with Gasteiger partial charge in [-0.25, -0.2) is 0 Å². The van der Waals surface area contributed by atoms with E-state index in [0.29, 0.717) is 11.6 Å². The molecule has 25 heavy (non-hydrogen) atoms. The predicted molar refractivity (Wildman–Crippen MR) is 103 cm³/mol. The summed E-state index contributed by atoms with van der Waals surface area (Å²) in [6.45, 7) is 5.91. The molecule has 0 bridgehead atoms. The summed E-state index contributed by atoms with van der Waals surface area (Å²) in [4.78, 5) is 18.9. The molecule has 1 N–H and O–H groups in total. The summed E-state index contributed by atoms with van der Waals surface area (Å²) in [6.07, 6.45) is 4.88. The van der Waals surface area contributed by atoms with Crippen molar-refractivity contribution in [3.8, 4) is 0 Å². The lowest BCUT2D eigenvalue weighted by Crippen LogP contribution is -2.36. The number of aryl methyl sites for hydroxylation is 2. The molecule has 1 aromatic heterocycles. The van der Waals surface area contributed by atoms with Gasteiger partial charge in [0, 0.05) is 30.0 Å². The molecule has 0 atom stereocenters. The van der Waals surface area contributed by atoms with Crippen LogP contribution in [0.4, 0.5) is 5.69 Å². The zero-order valence-electron chi connectivity index (χ0n) is 14.6. The number of nitrogens with zero attached hydrogens (tertiary/aromatic N) is 2. The van der Waals surface area contributed by atoms with Gasteiger partial charge >= 0.3 is 0 Å². The molecule has 130 valence electrons. The topological polar surface area (TPSA) is 45.2 Å². The Bertz CT molecular complexity index is 779. The molecule has 1 aliphatic rings. The minimum atomic E-state index is 0.00297. The second-order valence-corrected chi connectivity index (χ2v) is 6.83. The molecule has 0 saturated heterocycles. The van der Waals surface area contributed by atoms with E-state index in [1.807, 2.05) is 50.4 Å². The second kappa shape index (κ2) is 7.81. The zero-order chi connectivity index (χ0) is 17.8. The van der Waals surface area contributed by atoms with Gasteiger partial charge in [-0.2, -0.15) is 0 Å². The van der Waals surface area contributed by atoms with E-state index in [4.69, 9.17) is 11.6 Å². The minimum Gasteiger partial charge on any atom is -0.324 e. The van der Waals surface area contributed by atoms with E-state index in [2.05, 4.69) is 21.3 Å². The van der Waals surface area contributed by atoms with Gasteiger partial charge in [-0.15, -0.1) is 0 Å². The number of nitrogens with one attached hydrogen (secondary N) is 1. The highest BCUT2D eigenvalue weighted by Gasteiger charge is 2.17. The van der Waals surface area contributed by atoms with Crippen LogP contribution in [0.3, 0.4) is 0 Å². The van der Waals surface area contributed by atoms with Crippen molar-refractivity contribution in [3.63, 3.8) is 0 Å². The summed E-state index contributed by atoms with van der Waals surface area (Å²) in [6, 6.07) is 9.68. The number of anilines is 1. The Kier molecular flexibility index (Phi) is 5.51. The molecule has 1 amide bonds. The molecule has 0 spiro atoms. The third-order valence-corrected chi connectivity index (χ3v) is 4.63. The van der Waals surface area contributed by atoms with E-state index < -0.39 is 0 Å². The minimum absolute atomic E-state index is 0.00297. The highest BCUT2D eigenvalue weighted by Crippen LogP contribution is 2.25. The Labute approximate surface area is 153 Å². The average molecular weight is 356 g/mol. The van der Waals surface area contributed by atoms with Crippen LogP contribution < -0.4 is 5.32 Å². The predicted octanol–water partition coefficient (Wildman–Crippen LogP) is 4.08. The number of hydrogen-bond acceptors (Lipinski definition) is 3. The van der Waals surface area contributed by atoms with Crippen molar-refractivity contribution >= 4 is 28.8 Å². The van der Waals surface area contributed by atoms with Gasteiger partial charge in [0.05, 0.1) is 12.2 Å². The van der Waals surface area contributed by atoms with Crippen LogP contribution in [0.25, 0.3) is 5.57 Å². The van der Waals surface area contributed by atoms with Crippen molar-refractivity contribution in [1.29, 1.82) is 0 Å². The lowest BCUT2D eigenvalue weighted by atomic mass is 10.0. The Morgan fingerprint density at radius 2 is 2.04 bits per heavy atom. The molecule has 3 rings (SSSR count). The SMILES string of the molecule is Cc1cc(Cl)cc(C)c1NC(=O)CN1CC=C(c2ccccn2)CC1. The molecule has 0 unspecified atom stereocenters. The first-order valence-electron chi connectivity index (χ1n) is 8.42. The van der Waals surface area contributed by atoms with Crippen molar-refractivity contribution in [2.75, 3.05) is 25.0 Å². The molecule has 5 heteroatoms. The van der Waals surface area contributed by atoms with E-state index >= 15 is 0 Å². The summed E-state index contributed by atoms with van der Waals surface area (Å²) in [5, 5.41) is 3.71. The molecule has 1 aliphatic heterocycles. The van der Waals surface area contributed by atoms with Gasteiger partial charge in [-0.1, -0.05) is 23.7 Å². The number of benzene rings is 1. The normalized spacial score (nSPS) is 14.9. The average Bonchev–Trinajstić information content (AvgIpc) is 2.59. The van der Waals surface area contributed by atoms with E-state index in [1.54, 1.807) is 0 Å². The zero-order valence-corrected chi connectivity index (χ0v) is 15.3. The molecule has 4 nitrogen and oxygen atoms in total. The van der Waals surface area contributed by atoms with Crippen molar-refractivity contribution < 1.29 is 4.79 Å². The maximum atomic E-state index is 12.4.